The smallest absolute Gasteiger partial charge is 0.358 e. The fourth-order valence-corrected chi connectivity index (χ4v) is 0.919. The Kier molecular flexibility index (Phi) is 2.12. The minimum absolute atomic E-state index is 0.487. The van der Waals surface area contributed by atoms with Gasteiger partial charge in [-0.3, -0.25) is 0 Å². The molecule has 1 heterocycles. The highest BCUT2D eigenvalue weighted by molar-refractivity contribution is 14.1. The van der Waals surface area contributed by atoms with Crippen molar-refractivity contribution in [2.45, 2.75) is 17.1 Å². The number of rotatable bonds is 0. The van der Waals surface area contributed by atoms with Gasteiger partial charge in [0.15, 0.2) is 6.10 Å². The molecule has 10 heavy (non-hydrogen) atoms. The van der Waals surface area contributed by atoms with Crippen LogP contribution in [-0.2, 0) is 19.1 Å². The van der Waals surface area contributed by atoms with E-state index >= 15 is 0 Å². The number of halogens is 1. The molecule has 2 atom stereocenters. The van der Waals surface area contributed by atoms with Crippen molar-refractivity contribution in [3.8, 4) is 0 Å². The Labute approximate surface area is 71.0 Å². The minimum Gasteiger partial charge on any atom is -0.447 e. The summed E-state index contributed by atoms with van der Waals surface area (Å²) in [6, 6.07) is 0. The van der Waals surface area contributed by atoms with Gasteiger partial charge in [-0.05, 0) is 29.5 Å². The molecule has 1 aliphatic rings. The maximum atomic E-state index is 10.6. The van der Waals surface area contributed by atoms with Crippen LogP contribution in [0.3, 0.4) is 0 Å². The van der Waals surface area contributed by atoms with Crippen molar-refractivity contribution in [1.82, 2.24) is 0 Å². The summed E-state index contributed by atoms with van der Waals surface area (Å²) in [6.07, 6.45) is -0.751. The predicted molar refractivity (Wildman–Crippen MR) is 39.5 cm³/mol. The Morgan fingerprint density at radius 2 is 1.90 bits per heavy atom. The highest BCUT2D eigenvalue weighted by atomic mass is 127. The molecule has 0 amide bonds. The van der Waals surface area contributed by atoms with Crippen molar-refractivity contribution in [3.63, 3.8) is 0 Å². The first-order valence-corrected chi connectivity index (χ1v) is 3.91. The lowest BCUT2D eigenvalue weighted by molar-refractivity contribution is -0.184. The average Bonchev–Trinajstić information content (AvgIpc) is 1.84. The molecule has 0 aromatic rings. The standard InChI is InChI=1S/C5H5IO4/c1-2-4(7)10-3(6)5(8)9-2/h2-3H,1H3. The van der Waals surface area contributed by atoms with Gasteiger partial charge in [0.2, 0.25) is 4.11 Å². The molecule has 5 heteroatoms. The predicted octanol–water partition coefficient (Wildman–Crippen LogP) is 0.236. The van der Waals surface area contributed by atoms with Crippen LogP contribution in [-0.4, -0.2) is 22.2 Å². The van der Waals surface area contributed by atoms with Crippen molar-refractivity contribution in [2.24, 2.45) is 0 Å². The maximum absolute atomic E-state index is 10.6. The van der Waals surface area contributed by atoms with Gasteiger partial charge in [-0.2, -0.15) is 0 Å². The summed E-state index contributed by atoms with van der Waals surface area (Å²) < 4.78 is 8.40. The van der Waals surface area contributed by atoms with E-state index in [1.54, 1.807) is 22.6 Å². The molecule has 0 spiro atoms. The molecule has 1 aliphatic heterocycles. The Morgan fingerprint density at radius 1 is 1.30 bits per heavy atom. The van der Waals surface area contributed by atoms with E-state index in [1.165, 1.54) is 6.92 Å². The number of ether oxygens (including phenoxy) is 2. The second kappa shape index (κ2) is 2.73. The molecule has 2 unspecified atom stereocenters. The Morgan fingerprint density at radius 3 is 2.40 bits per heavy atom. The fraction of sp³-hybridized carbons (Fsp3) is 0.600. The van der Waals surface area contributed by atoms with E-state index in [4.69, 9.17) is 0 Å². The number of carbonyl (C=O) groups is 2. The molecule has 0 bridgehead atoms. The maximum Gasteiger partial charge on any atom is 0.358 e. The number of carbonyl (C=O) groups excluding carboxylic acids is 2. The number of hydrogen-bond donors (Lipinski definition) is 0. The van der Waals surface area contributed by atoms with Crippen molar-refractivity contribution in [2.75, 3.05) is 0 Å². The number of alkyl halides is 1. The summed E-state index contributed by atoms with van der Waals surface area (Å²) in [5, 5.41) is 0. The van der Waals surface area contributed by atoms with Gasteiger partial charge < -0.3 is 9.47 Å². The molecule has 0 aliphatic carbocycles. The van der Waals surface area contributed by atoms with Gasteiger partial charge in [0, 0.05) is 0 Å². The highest BCUT2D eigenvalue weighted by Gasteiger charge is 2.33. The largest absolute Gasteiger partial charge is 0.447 e. The SMILES string of the molecule is CC1OC(=O)C(I)OC1=O. The molecule has 1 saturated heterocycles. The Hall–Kier alpha value is -0.330. The summed E-state index contributed by atoms with van der Waals surface area (Å²) in [4.78, 5) is 21.3. The van der Waals surface area contributed by atoms with E-state index in [2.05, 4.69) is 9.47 Å². The normalized spacial score (nSPS) is 33.0. The van der Waals surface area contributed by atoms with Crippen LogP contribution in [0.15, 0.2) is 0 Å². The van der Waals surface area contributed by atoms with Crippen LogP contribution in [0.25, 0.3) is 0 Å². The molecule has 56 valence electrons. The Bertz CT molecular complexity index is 158. The van der Waals surface area contributed by atoms with E-state index < -0.39 is 22.2 Å². The third-order valence-corrected chi connectivity index (χ3v) is 1.79. The molecule has 1 rings (SSSR count). The minimum atomic E-state index is -0.777. The first kappa shape index (κ1) is 7.77. The third-order valence-electron chi connectivity index (χ3n) is 1.03. The zero-order valence-corrected chi connectivity index (χ0v) is 7.32. The lowest BCUT2D eigenvalue weighted by atomic mass is 10.4. The first-order valence-electron chi connectivity index (χ1n) is 2.66. The topological polar surface area (TPSA) is 52.6 Å². The van der Waals surface area contributed by atoms with E-state index in [0.29, 0.717) is 0 Å². The van der Waals surface area contributed by atoms with Gasteiger partial charge in [-0.15, -0.1) is 0 Å². The monoisotopic (exact) mass is 256 g/mol. The number of esters is 2. The van der Waals surface area contributed by atoms with Crippen molar-refractivity contribution >= 4 is 34.5 Å². The molecule has 0 saturated carbocycles. The molecule has 0 radical (unpaired) electrons. The summed E-state index contributed by atoms with van der Waals surface area (Å²) in [7, 11) is 0. The molecule has 0 N–H and O–H groups in total. The lowest BCUT2D eigenvalue weighted by Gasteiger charge is -2.21. The molecular weight excluding hydrogens is 251 g/mol. The van der Waals surface area contributed by atoms with Gasteiger partial charge in [-0.1, -0.05) is 0 Å². The summed E-state index contributed by atoms with van der Waals surface area (Å²) in [5.74, 6) is -0.980. The van der Waals surface area contributed by atoms with Crippen molar-refractivity contribution < 1.29 is 19.1 Å². The summed E-state index contributed by atoms with van der Waals surface area (Å²) >= 11 is 1.69. The zero-order chi connectivity index (χ0) is 7.72. The van der Waals surface area contributed by atoms with Gasteiger partial charge in [0.05, 0.1) is 0 Å². The van der Waals surface area contributed by atoms with Crippen LogP contribution in [0.4, 0.5) is 0 Å². The second-order valence-corrected chi connectivity index (χ2v) is 2.96. The second-order valence-electron chi connectivity index (χ2n) is 1.83. The van der Waals surface area contributed by atoms with Crippen molar-refractivity contribution in [3.05, 3.63) is 0 Å². The quantitative estimate of drug-likeness (QED) is 0.354. The summed E-state index contributed by atoms with van der Waals surface area (Å²) in [5.41, 5.74) is 0. The fourth-order valence-electron chi connectivity index (χ4n) is 0.522. The van der Waals surface area contributed by atoms with Crippen LogP contribution in [0, 0.1) is 0 Å². The van der Waals surface area contributed by atoms with Crippen molar-refractivity contribution in [1.29, 1.82) is 0 Å². The van der Waals surface area contributed by atoms with Gasteiger partial charge in [-0.25, -0.2) is 9.59 Å². The van der Waals surface area contributed by atoms with Crippen LogP contribution >= 0.6 is 22.6 Å². The van der Waals surface area contributed by atoms with E-state index in [-0.39, 0.29) is 0 Å². The first-order chi connectivity index (χ1) is 4.61. The van der Waals surface area contributed by atoms with E-state index in [1.807, 2.05) is 0 Å². The third kappa shape index (κ3) is 1.39. The lowest BCUT2D eigenvalue weighted by Crippen LogP contribution is -2.39. The Balaban J connectivity index is 2.63. The van der Waals surface area contributed by atoms with Crippen LogP contribution < -0.4 is 0 Å². The summed E-state index contributed by atoms with van der Waals surface area (Å²) in [6.45, 7) is 1.47. The molecule has 4 nitrogen and oxygen atoms in total. The average molecular weight is 256 g/mol. The molecule has 1 fully saturated rings. The van der Waals surface area contributed by atoms with Gasteiger partial charge >= 0.3 is 11.9 Å². The molecular formula is C5H5IO4. The van der Waals surface area contributed by atoms with Gasteiger partial charge in [0.1, 0.15) is 0 Å². The van der Waals surface area contributed by atoms with Crippen LogP contribution in [0.5, 0.6) is 0 Å². The number of hydrogen-bond acceptors (Lipinski definition) is 4. The molecule has 0 aromatic heterocycles. The molecule has 0 aromatic carbocycles. The van der Waals surface area contributed by atoms with Crippen LogP contribution in [0.2, 0.25) is 0 Å². The van der Waals surface area contributed by atoms with Crippen LogP contribution in [0.1, 0.15) is 6.92 Å². The number of cyclic esters (lactones) is 2. The van der Waals surface area contributed by atoms with E-state index in [9.17, 15) is 9.59 Å². The zero-order valence-electron chi connectivity index (χ0n) is 5.17. The van der Waals surface area contributed by atoms with E-state index in [0.717, 1.165) is 0 Å². The highest BCUT2D eigenvalue weighted by Crippen LogP contribution is 2.14. The van der Waals surface area contributed by atoms with Gasteiger partial charge in [0.25, 0.3) is 0 Å².